The van der Waals surface area contributed by atoms with E-state index in [-0.39, 0.29) is 11.5 Å². The highest BCUT2D eigenvalue weighted by Gasteiger charge is 2.11. The molecule has 0 aliphatic carbocycles. The molecule has 0 unspecified atom stereocenters. The molecule has 2 nitrogen and oxygen atoms in total. The molecule has 1 rings (SSSR count). The van der Waals surface area contributed by atoms with Gasteiger partial charge in [-0.25, -0.2) is 0 Å². The van der Waals surface area contributed by atoms with Crippen LogP contribution >= 0.6 is 0 Å². The van der Waals surface area contributed by atoms with E-state index in [9.17, 15) is 17.6 Å². The summed E-state index contributed by atoms with van der Waals surface area (Å²) in [6.07, 6.45) is 2.33. The molecule has 0 heterocycles. The number of hydrogen-bond donors (Lipinski definition) is 0. The monoisotopic (exact) mass is 266 g/mol. The highest BCUT2D eigenvalue weighted by Crippen LogP contribution is 2.26. The van der Waals surface area contributed by atoms with Gasteiger partial charge in [0.2, 0.25) is 0 Å². The first-order valence-electron chi connectivity index (χ1n) is 5.55. The van der Waals surface area contributed by atoms with E-state index in [1.807, 2.05) is 6.92 Å². The number of alkyl halides is 4. The summed E-state index contributed by atoms with van der Waals surface area (Å²) in [5, 5.41) is 0. The van der Waals surface area contributed by atoms with E-state index in [0.717, 1.165) is 18.9 Å². The molecule has 0 spiro atoms. The third-order valence-electron chi connectivity index (χ3n) is 2.21. The van der Waals surface area contributed by atoms with Crippen molar-refractivity contribution in [3.8, 4) is 11.5 Å². The van der Waals surface area contributed by atoms with Gasteiger partial charge < -0.3 is 9.47 Å². The second-order valence-electron chi connectivity index (χ2n) is 3.67. The van der Waals surface area contributed by atoms with Crippen molar-refractivity contribution in [2.45, 2.75) is 39.4 Å². The normalized spacial score (nSPS) is 11.1. The molecule has 102 valence electrons. The lowest BCUT2D eigenvalue weighted by molar-refractivity contribution is -0.0543. The van der Waals surface area contributed by atoms with Crippen LogP contribution in [0.2, 0.25) is 0 Å². The Bertz CT molecular complexity index is 341. The number of aryl methyl sites for hydroxylation is 1. The Labute approximate surface area is 103 Å². The highest BCUT2D eigenvalue weighted by atomic mass is 19.3. The summed E-state index contributed by atoms with van der Waals surface area (Å²) in [6, 6.07) is 3.83. The number of benzene rings is 1. The van der Waals surface area contributed by atoms with Crippen LogP contribution in [0.5, 0.6) is 11.5 Å². The molecular formula is C12H14F4O2. The minimum atomic E-state index is -2.99. The second kappa shape index (κ2) is 7.08. The van der Waals surface area contributed by atoms with Crippen molar-refractivity contribution in [3.63, 3.8) is 0 Å². The predicted octanol–water partition coefficient (Wildman–Crippen LogP) is 4.23. The van der Waals surface area contributed by atoms with Crippen LogP contribution in [0.4, 0.5) is 17.6 Å². The summed E-state index contributed by atoms with van der Waals surface area (Å²) >= 11 is 0. The molecule has 0 fully saturated rings. The van der Waals surface area contributed by atoms with Crippen molar-refractivity contribution in [3.05, 3.63) is 23.8 Å². The predicted molar refractivity (Wildman–Crippen MR) is 58.3 cm³/mol. The zero-order valence-electron chi connectivity index (χ0n) is 9.84. The Morgan fingerprint density at radius 2 is 1.44 bits per heavy atom. The Morgan fingerprint density at radius 1 is 0.944 bits per heavy atom. The maximum Gasteiger partial charge on any atom is 0.387 e. The fourth-order valence-electron chi connectivity index (χ4n) is 1.50. The van der Waals surface area contributed by atoms with E-state index in [1.165, 1.54) is 12.1 Å². The van der Waals surface area contributed by atoms with Gasteiger partial charge in [0.1, 0.15) is 11.5 Å². The van der Waals surface area contributed by atoms with Gasteiger partial charge in [-0.2, -0.15) is 17.6 Å². The van der Waals surface area contributed by atoms with Gasteiger partial charge in [-0.15, -0.1) is 0 Å². The van der Waals surface area contributed by atoms with Gasteiger partial charge in [-0.1, -0.05) is 13.3 Å². The third kappa shape index (κ3) is 5.25. The van der Waals surface area contributed by atoms with Gasteiger partial charge in [-0.3, -0.25) is 0 Å². The molecule has 0 radical (unpaired) electrons. The van der Waals surface area contributed by atoms with Gasteiger partial charge in [0.05, 0.1) is 0 Å². The molecule has 18 heavy (non-hydrogen) atoms. The van der Waals surface area contributed by atoms with Crippen LogP contribution < -0.4 is 9.47 Å². The van der Waals surface area contributed by atoms with Crippen LogP contribution in [0.1, 0.15) is 25.3 Å². The molecular weight excluding hydrogens is 252 g/mol. The number of unbranched alkanes of at least 4 members (excludes halogenated alkanes) is 1. The van der Waals surface area contributed by atoms with Crippen molar-refractivity contribution >= 4 is 0 Å². The molecule has 0 atom stereocenters. The molecule has 0 saturated heterocycles. The summed E-state index contributed by atoms with van der Waals surface area (Å²) in [5.41, 5.74) is 0.630. The van der Waals surface area contributed by atoms with E-state index in [4.69, 9.17) is 0 Å². The van der Waals surface area contributed by atoms with E-state index in [1.54, 1.807) is 0 Å². The van der Waals surface area contributed by atoms with Crippen molar-refractivity contribution in [1.82, 2.24) is 0 Å². The minimum Gasteiger partial charge on any atom is -0.435 e. The van der Waals surface area contributed by atoms with Gasteiger partial charge in [0.25, 0.3) is 0 Å². The van der Waals surface area contributed by atoms with Crippen molar-refractivity contribution in [2.24, 2.45) is 0 Å². The fourth-order valence-corrected chi connectivity index (χ4v) is 1.50. The number of hydrogen-bond acceptors (Lipinski definition) is 2. The van der Waals surface area contributed by atoms with Crippen molar-refractivity contribution in [1.29, 1.82) is 0 Å². The Hall–Kier alpha value is -1.46. The standard InChI is InChI=1S/C12H14F4O2/c1-2-3-4-8-5-9(17-11(13)14)7-10(6-8)18-12(15)16/h5-7,11-12H,2-4H2,1H3. The van der Waals surface area contributed by atoms with Crippen molar-refractivity contribution < 1.29 is 27.0 Å². The molecule has 0 amide bonds. The van der Waals surface area contributed by atoms with E-state index in [2.05, 4.69) is 9.47 Å². The largest absolute Gasteiger partial charge is 0.435 e. The molecule has 0 aliphatic heterocycles. The highest BCUT2D eigenvalue weighted by molar-refractivity contribution is 5.38. The van der Waals surface area contributed by atoms with Gasteiger partial charge in [-0.05, 0) is 30.5 Å². The number of halogens is 4. The van der Waals surface area contributed by atoms with Crippen LogP contribution in [0.15, 0.2) is 18.2 Å². The summed E-state index contributed by atoms with van der Waals surface area (Å²) < 4.78 is 56.7. The summed E-state index contributed by atoms with van der Waals surface area (Å²) in [6.45, 7) is -4.02. The zero-order chi connectivity index (χ0) is 13.5. The Kier molecular flexibility index (Phi) is 5.74. The molecule has 6 heteroatoms. The zero-order valence-corrected chi connectivity index (χ0v) is 9.84. The summed E-state index contributed by atoms with van der Waals surface area (Å²) in [4.78, 5) is 0. The lowest BCUT2D eigenvalue weighted by Gasteiger charge is -2.11. The maximum absolute atomic E-state index is 12.1. The SMILES string of the molecule is CCCCc1cc(OC(F)F)cc(OC(F)F)c1. The van der Waals surface area contributed by atoms with Gasteiger partial charge in [0.15, 0.2) is 0 Å². The summed E-state index contributed by atoms with van der Waals surface area (Å²) in [7, 11) is 0. The lowest BCUT2D eigenvalue weighted by Crippen LogP contribution is -2.05. The second-order valence-corrected chi connectivity index (χ2v) is 3.67. The topological polar surface area (TPSA) is 18.5 Å². The van der Waals surface area contributed by atoms with Crippen LogP contribution in [0, 0.1) is 0 Å². The first kappa shape index (κ1) is 14.6. The van der Waals surface area contributed by atoms with Crippen molar-refractivity contribution in [2.75, 3.05) is 0 Å². The molecule has 0 bridgehead atoms. The lowest BCUT2D eigenvalue weighted by atomic mass is 10.1. The van der Waals surface area contributed by atoms with E-state index >= 15 is 0 Å². The maximum atomic E-state index is 12.1. The Morgan fingerprint density at radius 3 is 1.83 bits per heavy atom. The first-order chi connectivity index (χ1) is 8.51. The van der Waals surface area contributed by atoms with Gasteiger partial charge in [0, 0.05) is 6.07 Å². The summed E-state index contributed by atoms with van der Waals surface area (Å²) in [5.74, 6) is -0.344. The minimum absolute atomic E-state index is 0.172. The molecule has 0 aromatic heterocycles. The van der Waals surface area contributed by atoms with E-state index in [0.29, 0.717) is 12.0 Å². The average Bonchev–Trinajstić information content (AvgIpc) is 2.24. The van der Waals surface area contributed by atoms with Crippen LogP contribution in [-0.2, 0) is 6.42 Å². The van der Waals surface area contributed by atoms with E-state index < -0.39 is 13.2 Å². The third-order valence-corrected chi connectivity index (χ3v) is 2.21. The molecule has 0 aliphatic rings. The average molecular weight is 266 g/mol. The first-order valence-corrected chi connectivity index (χ1v) is 5.55. The molecule has 0 N–H and O–H groups in total. The quantitative estimate of drug-likeness (QED) is 0.687. The molecule has 0 saturated carbocycles. The van der Waals surface area contributed by atoms with Gasteiger partial charge >= 0.3 is 13.2 Å². The number of rotatable bonds is 7. The smallest absolute Gasteiger partial charge is 0.387 e. The fraction of sp³-hybridized carbons (Fsp3) is 0.500. The van der Waals surface area contributed by atoms with Crippen LogP contribution in [-0.4, -0.2) is 13.2 Å². The molecule has 1 aromatic carbocycles. The van der Waals surface area contributed by atoms with Crippen LogP contribution in [0.3, 0.4) is 0 Å². The van der Waals surface area contributed by atoms with Crippen LogP contribution in [0.25, 0.3) is 0 Å². The Balaban J connectivity index is 2.88. The number of ether oxygens (including phenoxy) is 2. The molecule has 1 aromatic rings.